The minimum atomic E-state index is -0.604. The molecule has 0 aliphatic rings. The zero-order valence-corrected chi connectivity index (χ0v) is 13.3. The van der Waals surface area contributed by atoms with Gasteiger partial charge in [0, 0.05) is 9.79 Å². The lowest BCUT2D eigenvalue weighted by Gasteiger charge is -2.09. The van der Waals surface area contributed by atoms with E-state index in [0.29, 0.717) is 5.56 Å². The lowest BCUT2D eigenvalue weighted by Crippen LogP contribution is -2.11. The minimum Gasteiger partial charge on any atom is -0.465 e. The number of esters is 2. The first kappa shape index (κ1) is 16.6. The maximum atomic E-state index is 11.9. The van der Waals surface area contributed by atoms with Crippen LogP contribution in [-0.4, -0.2) is 26.2 Å². The third-order valence-electron chi connectivity index (χ3n) is 3.02. The Morgan fingerprint density at radius 3 is 2.04 bits per heavy atom. The zero-order chi connectivity index (χ0) is 16.8. The van der Waals surface area contributed by atoms with Gasteiger partial charge in [0.25, 0.3) is 0 Å². The van der Waals surface area contributed by atoms with Crippen LogP contribution in [0.3, 0.4) is 0 Å². The standard InChI is InChI=1S/C17H13NO4S/c1-21-16(19)14-8-7-13(9-15(14)17(20)22-2)23-12-5-3-11(10-18)4-6-12/h3-9H,1-2H3. The molecule has 2 aromatic rings. The molecular weight excluding hydrogens is 314 g/mol. The summed E-state index contributed by atoms with van der Waals surface area (Å²) < 4.78 is 9.39. The van der Waals surface area contributed by atoms with Gasteiger partial charge in [-0.15, -0.1) is 0 Å². The third kappa shape index (κ3) is 3.90. The number of ether oxygens (including phenoxy) is 2. The molecule has 2 aromatic carbocycles. The van der Waals surface area contributed by atoms with E-state index in [-0.39, 0.29) is 11.1 Å². The van der Waals surface area contributed by atoms with Gasteiger partial charge in [-0.1, -0.05) is 11.8 Å². The monoisotopic (exact) mass is 327 g/mol. The SMILES string of the molecule is COC(=O)c1ccc(Sc2ccc(C#N)cc2)cc1C(=O)OC. The Balaban J connectivity index is 2.34. The van der Waals surface area contributed by atoms with Gasteiger partial charge in [0.2, 0.25) is 0 Å². The van der Waals surface area contributed by atoms with Gasteiger partial charge in [0.1, 0.15) is 0 Å². The molecule has 0 radical (unpaired) electrons. The molecule has 0 unspecified atom stereocenters. The topological polar surface area (TPSA) is 76.4 Å². The maximum absolute atomic E-state index is 11.9. The molecule has 0 spiro atoms. The number of methoxy groups -OCH3 is 2. The summed E-state index contributed by atoms with van der Waals surface area (Å²) in [6, 6.07) is 14.0. The highest BCUT2D eigenvalue weighted by molar-refractivity contribution is 7.99. The van der Waals surface area contributed by atoms with E-state index in [1.54, 1.807) is 24.3 Å². The van der Waals surface area contributed by atoms with Crippen LogP contribution >= 0.6 is 11.8 Å². The molecule has 0 fully saturated rings. The van der Waals surface area contributed by atoms with Gasteiger partial charge in [0.05, 0.1) is 37.0 Å². The number of hydrogen-bond donors (Lipinski definition) is 0. The fourth-order valence-corrected chi connectivity index (χ4v) is 2.74. The van der Waals surface area contributed by atoms with Crippen molar-refractivity contribution in [3.05, 3.63) is 59.2 Å². The van der Waals surface area contributed by atoms with E-state index in [1.165, 1.54) is 32.0 Å². The molecule has 0 amide bonds. The summed E-state index contributed by atoms with van der Waals surface area (Å²) >= 11 is 1.41. The predicted octanol–water partition coefficient (Wildman–Crippen LogP) is 3.28. The van der Waals surface area contributed by atoms with Crippen LogP contribution in [0.5, 0.6) is 0 Å². The molecule has 0 saturated carbocycles. The summed E-state index contributed by atoms with van der Waals surface area (Å²) in [6.07, 6.45) is 0. The van der Waals surface area contributed by atoms with Crippen LogP contribution in [0.1, 0.15) is 26.3 Å². The highest BCUT2D eigenvalue weighted by Crippen LogP contribution is 2.30. The normalized spacial score (nSPS) is 9.78. The molecule has 0 aliphatic carbocycles. The summed E-state index contributed by atoms with van der Waals surface area (Å²) in [5.41, 5.74) is 0.882. The Morgan fingerprint density at radius 2 is 1.48 bits per heavy atom. The summed E-state index contributed by atoms with van der Waals surface area (Å²) in [6.45, 7) is 0. The highest BCUT2D eigenvalue weighted by atomic mass is 32.2. The Bertz CT molecular complexity index is 778. The molecule has 0 aliphatic heterocycles. The molecule has 0 atom stereocenters. The van der Waals surface area contributed by atoms with E-state index in [2.05, 4.69) is 10.8 Å². The fourth-order valence-electron chi connectivity index (χ4n) is 1.89. The lowest BCUT2D eigenvalue weighted by atomic mass is 10.1. The molecule has 2 rings (SSSR count). The number of hydrogen-bond acceptors (Lipinski definition) is 6. The van der Waals surface area contributed by atoms with E-state index < -0.39 is 11.9 Å². The number of carbonyl (C=O) groups excluding carboxylic acids is 2. The van der Waals surface area contributed by atoms with Crippen molar-refractivity contribution >= 4 is 23.7 Å². The van der Waals surface area contributed by atoms with Crippen molar-refractivity contribution in [1.29, 1.82) is 5.26 Å². The van der Waals surface area contributed by atoms with E-state index in [4.69, 9.17) is 10.00 Å². The molecule has 6 heteroatoms. The van der Waals surface area contributed by atoms with E-state index >= 15 is 0 Å². The quantitative estimate of drug-likeness (QED) is 0.802. The third-order valence-corrected chi connectivity index (χ3v) is 4.02. The van der Waals surface area contributed by atoms with Crippen molar-refractivity contribution in [1.82, 2.24) is 0 Å². The number of benzene rings is 2. The van der Waals surface area contributed by atoms with Crippen molar-refractivity contribution in [2.24, 2.45) is 0 Å². The molecule has 116 valence electrons. The maximum Gasteiger partial charge on any atom is 0.338 e. The molecule has 0 aromatic heterocycles. The van der Waals surface area contributed by atoms with Crippen LogP contribution in [0.25, 0.3) is 0 Å². The predicted molar refractivity (Wildman–Crippen MR) is 84.4 cm³/mol. The van der Waals surface area contributed by atoms with Crippen LogP contribution < -0.4 is 0 Å². The van der Waals surface area contributed by atoms with Crippen LogP contribution in [0.4, 0.5) is 0 Å². The van der Waals surface area contributed by atoms with Crippen molar-refractivity contribution in [3.8, 4) is 6.07 Å². The highest BCUT2D eigenvalue weighted by Gasteiger charge is 2.19. The molecule has 5 nitrogen and oxygen atoms in total. The summed E-state index contributed by atoms with van der Waals surface area (Å²) in [4.78, 5) is 25.3. The Labute approximate surface area is 137 Å². The smallest absolute Gasteiger partial charge is 0.338 e. The number of rotatable bonds is 4. The van der Waals surface area contributed by atoms with Gasteiger partial charge in [0.15, 0.2) is 0 Å². The van der Waals surface area contributed by atoms with Crippen molar-refractivity contribution in [3.63, 3.8) is 0 Å². The molecular formula is C17H13NO4S. The Hall–Kier alpha value is -2.78. The van der Waals surface area contributed by atoms with Crippen LogP contribution in [-0.2, 0) is 9.47 Å². The van der Waals surface area contributed by atoms with Crippen LogP contribution in [0, 0.1) is 11.3 Å². The first-order chi connectivity index (χ1) is 11.1. The summed E-state index contributed by atoms with van der Waals surface area (Å²) in [5, 5.41) is 8.80. The van der Waals surface area contributed by atoms with Crippen LogP contribution in [0.15, 0.2) is 52.3 Å². The second kappa shape index (κ2) is 7.47. The molecule has 0 heterocycles. The van der Waals surface area contributed by atoms with Gasteiger partial charge in [-0.25, -0.2) is 9.59 Å². The zero-order valence-electron chi connectivity index (χ0n) is 12.5. The average molecular weight is 327 g/mol. The second-order valence-corrected chi connectivity index (χ2v) is 5.58. The van der Waals surface area contributed by atoms with Crippen LogP contribution in [0.2, 0.25) is 0 Å². The number of nitriles is 1. The lowest BCUT2D eigenvalue weighted by molar-refractivity contribution is 0.0555. The van der Waals surface area contributed by atoms with E-state index in [1.807, 2.05) is 12.1 Å². The molecule has 23 heavy (non-hydrogen) atoms. The first-order valence-corrected chi connectivity index (χ1v) is 7.39. The van der Waals surface area contributed by atoms with Gasteiger partial charge < -0.3 is 9.47 Å². The van der Waals surface area contributed by atoms with Gasteiger partial charge >= 0.3 is 11.9 Å². The fraction of sp³-hybridized carbons (Fsp3) is 0.118. The van der Waals surface area contributed by atoms with Crippen molar-refractivity contribution in [2.45, 2.75) is 9.79 Å². The Morgan fingerprint density at radius 1 is 0.913 bits per heavy atom. The molecule has 0 bridgehead atoms. The molecule has 0 N–H and O–H groups in total. The second-order valence-electron chi connectivity index (χ2n) is 4.43. The van der Waals surface area contributed by atoms with Gasteiger partial charge in [-0.3, -0.25) is 0 Å². The average Bonchev–Trinajstić information content (AvgIpc) is 2.61. The van der Waals surface area contributed by atoms with E-state index in [9.17, 15) is 9.59 Å². The van der Waals surface area contributed by atoms with Crippen molar-refractivity contribution in [2.75, 3.05) is 14.2 Å². The van der Waals surface area contributed by atoms with E-state index in [0.717, 1.165) is 9.79 Å². The summed E-state index contributed by atoms with van der Waals surface area (Å²) in [5.74, 6) is -1.20. The number of carbonyl (C=O) groups is 2. The van der Waals surface area contributed by atoms with Gasteiger partial charge in [-0.2, -0.15) is 5.26 Å². The van der Waals surface area contributed by atoms with Gasteiger partial charge in [-0.05, 0) is 42.5 Å². The summed E-state index contributed by atoms with van der Waals surface area (Å²) in [7, 11) is 2.51. The minimum absolute atomic E-state index is 0.151. The first-order valence-electron chi connectivity index (χ1n) is 6.57. The van der Waals surface area contributed by atoms with Crippen molar-refractivity contribution < 1.29 is 19.1 Å². The molecule has 0 saturated heterocycles. The largest absolute Gasteiger partial charge is 0.465 e. The number of nitrogens with zero attached hydrogens (tertiary/aromatic N) is 1. The Kier molecular flexibility index (Phi) is 5.39.